The summed E-state index contributed by atoms with van der Waals surface area (Å²) in [6.07, 6.45) is 4.04. The minimum Gasteiger partial charge on any atom is -0.107 e. The molecule has 0 saturated carbocycles. The molecule has 0 nitrogen and oxygen atoms in total. The zero-order valence-corrected chi connectivity index (χ0v) is 5.53. The molecule has 0 aliphatic heterocycles. The molecule has 0 saturated heterocycles. The maximum Gasteiger partial charge on any atom is -0.0291 e. The second-order valence-corrected chi connectivity index (χ2v) is 1.89. The van der Waals surface area contributed by atoms with E-state index in [1.165, 1.54) is 0 Å². The lowest BCUT2D eigenvalue weighted by Crippen LogP contribution is -1.39. The van der Waals surface area contributed by atoms with Crippen molar-refractivity contribution in [1.29, 1.82) is 0 Å². The molecule has 40 valence electrons. The highest BCUT2D eigenvalue weighted by atomic mass is 32.2. The van der Waals surface area contributed by atoms with Gasteiger partial charge in [-0.3, -0.25) is 0 Å². The van der Waals surface area contributed by atoms with Gasteiger partial charge in [-0.15, -0.1) is 11.8 Å². The van der Waals surface area contributed by atoms with Crippen LogP contribution >= 0.6 is 11.8 Å². The van der Waals surface area contributed by atoms with E-state index in [9.17, 15) is 0 Å². The van der Waals surface area contributed by atoms with Crippen LogP contribution < -0.4 is 0 Å². The van der Waals surface area contributed by atoms with E-state index in [0.29, 0.717) is 0 Å². The van der Waals surface area contributed by atoms with Crippen molar-refractivity contribution >= 4 is 11.8 Å². The second kappa shape index (κ2) is 5.83. The molecule has 0 atom stereocenters. The van der Waals surface area contributed by atoms with E-state index < -0.39 is 0 Å². The monoisotopic (exact) mass is 114 g/mol. The zero-order valence-electron chi connectivity index (χ0n) is 4.72. The molecule has 0 aliphatic carbocycles. The van der Waals surface area contributed by atoms with Crippen molar-refractivity contribution in [3.05, 3.63) is 23.0 Å². The normalized spacial score (nSPS) is 11.7. The minimum atomic E-state index is 1.69. The third-order valence-electron chi connectivity index (χ3n) is 0.429. The molecule has 0 rings (SSSR count). The van der Waals surface area contributed by atoms with Crippen LogP contribution in [0, 0.1) is 0 Å². The van der Waals surface area contributed by atoms with Gasteiger partial charge in [0.1, 0.15) is 0 Å². The van der Waals surface area contributed by atoms with Crippen LogP contribution in [0.25, 0.3) is 0 Å². The van der Waals surface area contributed by atoms with E-state index in [-0.39, 0.29) is 0 Å². The molecular formula is C6H10S. The van der Waals surface area contributed by atoms with Gasteiger partial charge in [-0.2, -0.15) is 0 Å². The van der Waals surface area contributed by atoms with Crippen LogP contribution in [0.15, 0.2) is 23.0 Å². The fraction of sp³-hybridized carbons (Fsp3) is 0.333. The summed E-state index contributed by atoms with van der Waals surface area (Å²) in [6.45, 7) is 4.02. The summed E-state index contributed by atoms with van der Waals surface area (Å²) < 4.78 is 0. The van der Waals surface area contributed by atoms with Crippen molar-refractivity contribution < 1.29 is 0 Å². The predicted octanol–water partition coefficient (Wildman–Crippen LogP) is 2.79. The maximum absolute atomic E-state index is 2.04. The summed E-state index contributed by atoms with van der Waals surface area (Å²) in [5, 5.41) is 4.08. The summed E-state index contributed by atoms with van der Waals surface area (Å²) in [6, 6.07) is 0. The van der Waals surface area contributed by atoms with Crippen molar-refractivity contribution in [3.63, 3.8) is 0 Å². The summed E-state index contributed by atoms with van der Waals surface area (Å²) in [7, 11) is 0. The lowest BCUT2D eigenvalue weighted by molar-refractivity contribution is 1.78. The minimum absolute atomic E-state index is 1.69. The molecule has 0 radical (unpaired) electrons. The molecule has 0 bridgehead atoms. The van der Waals surface area contributed by atoms with Gasteiger partial charge < -0.3 is 0 Å². The molecule has 0 aromatic heterocycles. The summed E-state index contributed by atoms with van der Waals surface area (Å²) in [4.78, 5) is 0. The molecular weight excluding hydrogens is 104 g/mol. The number of allylic oxidation sites excluding steroid dienone is 2. The quantitative estimate of drug-likeness (QED) is 0.532. The Morgan fingerprint density at radius 3 is 1.71 bits per heavy atom. The van der Waals surface area contributed by atoms with Gasteiger partial charge >= 0.3 is 0 Å². The maximum atomic E-state index is 2.04. The Kier molecular flexibility index (Phi) is 5.69. The predicted molar refractivity (Wildman–Crippen MR) is 37.2 cm³/mol. The van der Waals surface area contributed by atoms with E-state index in [0.717, 1.165) is 0 Å². The third-order valence-corrected chi connectivity index (χ3v) is 1.29. The van der Waals surface area contributed by atoms with Crippen LogP contribution in [0.3, 0.4) is 0 Å². The molecule has 7 heavy (non-hydrogen) atoms. The molecule has 0 N–H and O–H groups in total. The van der Waals surface area contributed by atoms with Gasteiger partial charge in [0.2, 0.25) is 0 Å². The van der Waals surface area contributed by atoms with Crippen LogP contribution in [0.4, 0.5) is 0 Å². The standard InChI is InChI=1S/C6H10S/c1-3-5-7-6-4-2/h3-6H,1-2H3/b5-3+,6-4?. The van der Waals surface area contributed by atoms with Gasteiger partial charge in [-0.1, -0.05) is 12.2 Å². The molecule has 0 heterocycles. The van der Waals surface area contributed by atoms with Gasteiger partial charge in [0.15, 0.2) is 0 Å². The van der Waals surface area contributed by atoms with Crippen molar-refractivity contribution in [2.45, 2.75) is 13.8 Å². The SMILES string of the molecule is CC=CS/C=C/C. The largest absolute Gasteiger partial charge is 0.107 e. The van der Waals surface area contributed by atoms with Gasteiger partial charge in [-0.25, -0.2) is 0 Å². The van der Waals surface area contributed by atoms with Crippen molar-refractivity contribution in [1.82, 2.24) is 0 Å². The molecule has 0 aliphatic rings. The molecule has 0 unspecified atom stereocenters. The van der Waals surface area contributed by atoms with Crippen LogP contribution in [-0.2, 0) is 0 Å². The van der Waals surface area contributed by atoms with Crippen molar-refractivity contribution in [2.75, 3.05) is 0 Å². The molecule has 0 aromatic carbocycles. The van der Waals surface area contributed by atoms with E-state index in [1.807, 2.05) is 36.8 Å². The zero-order chi connectivity index (χ0) is 5.54. The van der Waals surface area contributed by atoms with Crippen LogP contribution in [0.1, 0.15) is 13.8 Å². The topological polar surface area (TPSA) is 0 Å². The average Bonchev–Trinajstić information content (AvgIpc) is 1.69. The highest BCUT2D eigenvalue weighted by Gasteiger charge is 1.61. The Labute approximate surface area is 49.3 Å². The summed E-state index contributed by atoms with van der Waals surface area (Å²) in [5.74, 6) is 0. The fourth-order valence-electron chi connectivity index (χ4n) is 0.202. The highest BCUT2D eigenvalue weighted by molar-refractivity contribution is 8.04. The van der Waals surface area contributed by atoms with Crippen LogP contribution in [0.5, 0.6) is 0 Å². The van der Waals surface area contributed by atoms with Crippen LogP contribution in [0.2, 0.25) is 0 Å². The lowest BCUT2D eigenvalue weighted by Gasteiger charge is -1.73. The van der Waals surface area contributed by atoms with Crippen molar-refractivity contribution in [2.24, 2.45) is 0 Å². The fourth-order valence-corrected chi connectivity index (χ4v) is 0.607. The van der Waals surface area contributed by atoms with Crippen LogP contribution in [-0.4, -0.2) is 0 Å². The molecule has 0 fully saturated rings. The first-order valence-electron chi connectivity index (χ1n) is 2.29. The summed E-state index contributed by atoms with van der Waals surface area (Å²) in [5.41, 5.74) is 0. The Hall–Kier alpha value is -0.170. The van der Waals surface area contributed by atoms with Gasteiger partial charge in [0.25, 0.3) is 0 Å². The first kappa shape index (κ1) is 6.83. The number of thioether (sulfide) groups is 1. The lowest BCUT2D eigenvalue weighted by atomic mass is 10.8. The van der Waals surface area contributed by atoms with Gasteiger partial charge in [-0.05, 0) is 24.7 Å². The Balaban J connectivity index is 2.98. The van der Waals surface area contributed by atoms with Gasteiger partial charge in [0.05, 0.1) is 0 Å². The Morgan fingerprint density at radius 1 is 1.00 bits per heavy atom. The third kappa shape index (κ3) is 5.83. The second-order valence-electron chi connectivity index (χ2n) is 1.07. The van der Waals surface area contributed by atoms with Gasteiger partial charge in [0, 0.05) is 0 Å². The van der Waals surface area contributed by atoms with Crippen molar-refractivity contribution in [3.8, 4) is 0 Å². The van der Waals surface area contributed by atoms with E-state index in [2.05, 4.69) is 0 Å². The molecule has 0 aromatic rings. The summed E-state index contributed by atoms with van der Waals surface area (Å²) >= 11 is 1.69. The molecule has 0 amide bonds. The van der Waals surface area contributed by atoms with E-state index in [4.69, 9.17) is 0 Å². The molecule has 0 spiro atoms. The first-order valence-corrected chi connectivity index (χ1v) is 3.24. The highest BCUT2D eigenvalue weighted by Crippen LogP contribution is 2.01. The average molecular weight is 114 g/mol. The number of hydrogen-bond acceptors (Lipinski definition) is 1. The van der Waals surface area contributed by atoms with E-state index in [1.54, 1.807) is 11.8 Å². The Morgan fingerprint density at radius 2 is 1.43 bits per heavy atom. The smallest absolute Gasteiger partial charge is 0.0291 e. The Bertz CT molecular complexity index is 62.2. The number of rotatable bonds is 2. The van der Waals surface area contributed by atoms with E-state index >= 15 is 0 Å². The first-order chi connectivity index (χ1) is 3.41. The number of hydrogen-bond donors (Lipinski definition) is 0. The molecule has 1 heteroatoms.